The number of benzene rings is 2. The smallest absolute Gasteiger partial charge is 0.275 e. The summed E-state index contributed by atoms with van der Waals surface area (Å²) in [5, 5.41) is 5.23. The number of anilines is 3. The zero-order chi connectivity index (χ0) is 18.5. The Morgan fingerprint density at radius 2 is 1.69 bits per heavy atom. The molecular weight excluding hydrogens is 338 g/mol. The van der Waals surface area contributed by atoms with Gasteiger partial charge in [-0.05, 0) is 36.2 Å². The molecule has 0 atom stereocenters. The summed E-state index contributed by atoms with van der Waals surface area (Å²) in [6.07, 6.45) is 3.38. The Balaban J connectivity index is 1.69. The van der Waals surface area contributed by atoms with E-state index in [-0.39, 0.29) is 17.2 Å². The van der Waals surface area contributed by atoms with Crippen molar-refractivity contribution in [1.82, 2.24) is 9.97 Å². The number of aryl methyl sites for hydroxylation is 1. The Hall–Kier alpha value is -3.35. The number of hydrogen-bond donors (Lipinski definition) is 2. The first-order chi connectivity index (χ1) is 12.6. The summed E-state index contributed by atoms with van der Waals surface area (Å²) in [5.74, 6) is -1.79. The Kier molecular flexibility index (Phi) is 5.17. The highest BCUT2D eigenvalue weighted by Gasteiger charge is 2.11. The predicted octanol–water partition coefficient (Wildman–Crippen LogP) is 4.31. The topological polar surface area (TPSA) is 66.9 Å². The third-order valence-corrected chi connectivity index (χ3v) is 3.72. The van der Waals surface area contributed by atoms with E-state index in [2.05, 4.69) is 20.6 Å². The number of halogens is 2. The Morgan fingerprint density at radius 1 is 1.00 bits per heavy atom. The van der Waals surface area contributed by atoms with Gasteiger partial charge in [0.15, 0.2) is 0 Å². The van der Waals surface area contributed by atoms with Crippen LogP contribution in [0.3, 0.4) is 0 Å². The van der Waals surface area contributed by atoms with Gasteiger partial charge < -0.3 is 10.6 Å². The largest absolute Gasteiger partial charge is 0.334 e. The number of hydrogen-bond acceptors (Lipinski definition) is 4. The SMILES string of the molecule is CCc1ccc(NC(=O)c2cnc(Nc3c(F)cccc3F)cn2)cc1. The van der Waals surface area contributed by atoms with Crippen LogP contribution in [0.2, 0.25) is 0 Å². The lowest BCUT2D eigenvalue weighted by Gasteiger charge is -2.08. The maximum Gasteiger partial charge on any atom is 0.275 e. The summed E-state index contributed by atoms with van der Waals surface area (Å²) < 4.78 is 27.3. The van der Waals surface area contributed by atoms with Crippen molar-refractivity contribution in [3.8, 4) is 0 Å². The first-order valence-corrected chi connectivity index (χ1v) is 8.00. The predicted molar refractivity (Wildman–Crippen MR) is 95.4 cm³/mol. The number of aromatic nitrogens is 2. The summed E-state index contributed by atoms with van der Waals surface area (Å²) in [6.45, 7) is 2.05. The van der Waals surface area contributed by atoms with Crippen molar-refractivity contribution < 1.29 is 13.6 Å². The van der Waals surface area contributed by atoms with E-state index in [0.717, 1.165) is 18.6 Å². The number of carbonyl (C=O) groups is 1. The van der Waals surface area contributed by atoms with E-state index in [0.29, 0.717) is 5.69 Å². The fourth-order valence-electron chi connectivity index (χ4n) is 2.27. The van der Waals surface area contributed by atoms with E-state index in [4.69, 9.17) is 0 Å². The van der Waals surface area contributed by atoms with Crippen molar-refractivity contribution in [3.63, 3.8) is 0 Å². The first-order valence-electron chi connectivity index (χ1n) is 8.00. The fourth-order valence-corrected chi connectivity index (χ4v) is 2.27. The highest BCUT2D eigenvalue weighted by atomic mass is 19.1. The van der Waals surface area contributed by atoms with Gasteiger partial charge in [-0.25, -0.2) is 18.7 Å². The second-order valence-corrected chi connectivity index (χ2v) is 5.51. The number of carbonyl (C=O) groups excluding carboxylic acids is 1. The zero-order valence-corrected chi connectivity index (χ0v) is 14.0. The minimum Gasteiger partial charge on any atom is -0.334 e. The molecule has 132 valence electrons. The highest BCUT2D eigenvalue weighted by molar-refractivity contribution is 6.02. The molecule has 0 fully saturated rings. The van der Waals surface area contributed by atoms with Gasteiger partial charge in [0.2, 0.25) is 0 Å². The molecule has 7 heteroatoms. The van der Waals surface area contributed by atoms with Crippen LogP contribution >= 0.6 is 0 Å². The standard InChI is InChI=1S/C19H16F2N4O/c1-2-12-6-8-13(9-7-12)24-19(26)16-10-23-17(11-22-16)25-18-14(20)4-3-5-15(18)21/h3-11H,2H2,1H3,(H,23,25)(H,24,26). The van der Waals surface area contributed by atoms with Crippen molar-refractivity contribution in [3.05, 3.63) is 77.8 Å². The molecule has 0 aliphatic rings. The summed E-state index contributed by atoms with van der Waals surface area (Å²) >= 11 is 0. The van der Waals surface area contributed by atoms with E-state index in [1.165, 1.54) is 24.0 Å². The number of nitrogens with one attached hydrogen (secondary N) is 2. The summed E-state index contributed by atoms with van der Waals surface area (Å²) in [7, 11) is 0. The van der Waals surface area contributed by atoms with E-state index in [9.17, 15) is 13.6 Å². The molecule has 2 aromatic carbocycles. The quantitative estimate of drug-likeness (QED) is 0.716. The highest BCUT2D eigenvalue weighted by Crippen LogP contribution is 2.21. The van der Waals surface area contributed by atoms with E-state index >= 15 is 0 Å². The lowest BCUT2D eigenvalue weighted by atomic mass is 10.1. The first kappa shape index (κ1) is 17.5. The maximum atomic E-state index is 13.6. The molecule has 0 aliphatic heterocycles. The number of para-hydroxylation sites is 1. The van der Waals surface area contributed by atoms with Crippen molar-refractivity contribution >= 4 is 23.1 Å². The zero-order valence-electron chi connectivity index (χ0n) is 14.0. The van der Waals surface area contributed by atoms with Gasteiger partial charge in [0.25, 0.3) is 5.91 Å². The van der Waals surface area contributed by atoms with Crippen molar-refractivity contribution in [2.45, 2.75) is 13.3 Å². The molecule has 3 aromatic rings. The number of amides is 1. The molecule has 1 heterocycles. The molecule has 0 radical (unpaired) electrons. The molecule has 0 saturated heterocycles. The normalized spacial score (nSPS) is 10.4. The molecule has 1 aromatic heterocycles. The fraction of sp³-hybridized carbons (Fsp3) is 0.105. The maximum absolute atomic E-state index is 13.6. The molecule has 0 unspecified atom stereocenters. The molecule has 1 amide bonds. The average Bonchev–Trinajstić information content (AvgIpc) is 2.66. The van der Waals surface area contributed by atoms with E-state index in [1.807, 2.05) is 19.1 Å². The lowest BCUT2D eigenvalue weighted by molar-refractivity contribution is 0.102. The monoisotopic (exact) mass is 354 g/mol. The average molecular weight is 354 g/mol. The lowest BCUT2D eigenvalue weighted by Crippen LogP contribution is -2.14. The van der Waals surface area contributed by atoms with Crippen molar-refractivity contribution in [1.29, 1.82) is 0 Å². The van der Waals surface area contributed by atoms with Crippen LogP contribution < -0.4 is 10.6 Å². The Morgan fingerprint density at radius 3 is 2.27 bits per heavy atom. The molecule has 0 saturated carbocycles. The molecule has 0 aliphatic carbocycles. The molecule has 26 heavy (non-hydrogen) atoms. The molecule has 5 nitrogen and oxygen atoms in total. The third-order valence-electron chi connectivity index (χ3n) is 3.72. The summed E-state index contributed by atoms with van der Waals surface area (Å²) in [6, 6.07) is 11.0. The van der Waals surface area contributed by atoms with Crippen LogP contribution in [0.4, 0.5) is 26.0 Å². The minimum absolute atomic E-state index is 0.0872. The van der Waals surface area contributed by atoms with Gasteiger partial charge in [-0.15, -0.1) is 0 Å². The van der Waals surface area contributed by atoms with Gasteiger partial charge in [-0.1, -0.05) is 25.1 Å². The van der Waals surface area contributed by atoms with Gasteiger partial charge in [-0.2, -0.15) is 0 Å². The third kappa shape index (κ3) is 4.00. The van der Waals surface area contributed by atoms with Crippen LogP contribution in [-0.4, -0.2) is 15.9 Å². The number of nitrogens with zero attached hydrogens (tertiary/aromatic N) is 2. The Bertz CT molecular complexity index is 892. The van der Waals surface area contributed by atoms with E-state index in [1.54, 1.807) is 12.1 Å². The van der Waals surface area contributed by atoms with E-state index < -0.39 is 17.5 Å². The second kappa shape index (κ2) is 7.69. The molecule has 3 rings (SSSR count). The van der Waals surface area contributed by atoms with Crippen molar-refractivity contribution in [2.24, 2.45) is 0 Å². The summed E-state index contributed by atoms with van der Waals surface area (Å²) in [4.78, 5) is 20.2. The van der Waals surface area contributed by atoms with Gasteiger partial charge in [0, 0.05) is 5.69 Å². The van der Waals surface area contributed by atoms with Gasteiger partial charge in [-0.3, -0.25) is 4.79 Å². The van der Waals surface area contributed by atoms with Crippen LogP contribution in [0.15, 0.2) is 54.9 Å². The van der Waals surface area contributed by atoms with Gasteiger partial charge in [0.05, 0.1) is 12.4 Å². The van der Waals surface area contributed by atoms with Crippen molar-refractivity contribution in [2.75, 3.05) is 10.6 Å². The van der Waals surface area contributed by atoms with Gasteiger partial charge >= 0.3 is 0 Å². The molecular formula is C19H16F2N4O. The second-order valence-electron chi connectivity index (χ2n) is 5.51. The molecule has 0 spiro atoms. The Labute approximate surface area is 149 Å². The van der Waals surface area contributed by atoms with Crippen LogP contribution in [0.1, 0.15) is 23.0 Å². The summed E-state index contributed by atoms with van der Waals surface area (Å²) in [5.41, 5.74) is 1.57. The molecule has 0 bridgehead atoms. The van der Waals surface area contributed by atoms with Crippen LogP contribution in [0, 0.1) is 11.6 Å². The van der Waals surface area contributed by atoms with Gasteiger partial charge in [0.1, 0.15) is 28.8 Å². The minimum atomic E-state index is -0.746. The number of rotatable bonds is 5. The van der Waals surface area contributed by atoms with Crippen LogP contribution in [0.5, 0.6) is 0 Å². The molecule has 2 N–H and O–H groups in total. The van der Waals surface area contributed by atoms with Crippen LogP contribution in [-0.2, 0) is 6.42 Å². The van der Waals surface area contributed by atoms with Crippen LogP contribution in [0.25, 0.3) is 0 Å².